The standard InChI is InChI=1S/C9H10ClF3N2O5S2/c10-7-5-6(1-2-8(7)20-9(11,12)13)22(18,19)15-3-4-21(14,16)17/h1-2,5,15H,3-4H2,(H2,14,16,17). The van der Waals surface area contributed by atoms with Gasteiger partial charge >= 0.3 is 6.36 Å². The number of alkyl halides is 3. The Bertz CT molecular complexity index is 749. The fraction of sp³-hybridized carbons (Fsp3) is 0.333. The van der Waals surface area contributed by atoms with Crippen LogP contribution in [0.1, 0.15) is 0 Å². The summed E-state index contributed by atoms with van der Waals surface area (Å²) in [6.07, 6.45) is -4.97. The van der Waals surface area contributed by atoms with Gasteiger partial charge in [0.15, 0.2) is 0 Å². The molecule has 22 heavy (non-hydrogen) atoms. The molecule has 0 fully saturated rings. The summed E-state index contributed by atoms with van der Waals surface area (Å²) in [5.41, 5.74) is 0. The number of halogens is 4. The van der Waals surface area contributed by atoms with Crippen LogP contribution in [0, 0.1) is 0 Å². The summed E-state index contributed by atoms with van der Waals surface area (Å²) in [5, 5.41) is 4.12. The largest absolute Gasteiger partial charge is 0.573 e. The van der Waals surface area contributed by atoms with Crippen molar-refractivity contribution >= 4 is 31.6 Å². The molecule has 0 aliphatic rings. The van der Waals surface area contributed by atoms with Crippen LogP contribution >= 0.6 is 11.6 Å². The van der Waals surface area contributed by atoms with E-state index in [4.69, 9.17) is 16.7 Å². The lowest BCUT2D eigenvalue weighted by Crippen LogP contribution is -2.31. The zero-order valence-corrected chi connectivity index (χ0v) is 13.0. The van der Waals surface area contributed by atoms with E-state index in [0.29, 0.717) is 0 Å². The lowest BCUT2D eigenvalue weighted by Gasteiger charge is -2.12. The summed E-state index contributed by atoms with van der Waals surface area (Å²) in [7, 11) is -8.02. The van der Waals surface area contributed by atoms with Gasteiger partial charge in [0.05, 0.1) is 15.7 Å². The van der Waals surface area contributed by atoms with Crippen molar-refractivity contribution in [3.63, 3.8) is 0 Å². The molecule has 0 heterocycles. The number of nitrogens with one attached hydrogen (secondary N) is 1. The van der Waals surface area contributed by atoms with E-state index in [1.54, 1.807) is 0 Å². The van der Waals surface area contributed by atoms with Gasteiger partial charge in [0.25, 0.3) is 0 Å². The molecular formula is C9H10ClF3N2O5S2. The van der Waals surface area contributed by atoms with E-state index in [9.17, 15) is 30.0 Å². The molecule has 0 bridgehead atoms. The molecule has 126 valence electrons. The molecule has 0 saturated heterocycles. The summed E-state index contributed by atoms with van der Waals surface area (Å²) in [6, 6.07) is 2.29. The van der Waals surface area contributed by atoms with Crippen LogP contribution in [0.25, 0.3) is 0 Å². The summed E-state index contributed by atoms with van der Waals surface area (Å²) >= 11 is 5.52. The molecule has 0 aliphatic carbocycles. The highest BCUT2D eigenvalue weighted by molar-refractivity contribution is 7.90. The van der Waals surface area contributed by atoms with Gasteiger partial charge in [-0.15, -0.1) is 13.2 Å². The molecular weight excluding hydrogens is 373 g/mol. The highest BCUT2D eigenvalue weighted by Crippen LogP contribution is 2.31. The average molecular weight is 383 g/mol. The van der Waals surface area contributed by atoms with Gasteiger partial charge in [-0.25, -0.2) is 26.7 Å². The molecule has 0 spiro atoms. The maximum atomic E-state index is 12.1. The van der Waals surface area contributed by atoms with Crippen LogP contribution in [-0.2, 0) is 20.0 Å². The Morgan fingerprint density at radius 1 is 1.23 bits per heavy atom. The van der Waals surface area contributed by atoms with Crippen LogP contribution in [0.15, 0.2) is 23.1 Å². The Morgan fingerprint density at radius 3 is 2.27 bits per heavy atom. The third-order valence-electron chi connectivity index (χ3n) is 2.12. The van der Waals surface area contributed by atoms with Crippen molar-refractivity contribution in [3.8, 4) is 5.75 Å². The lowest BCUT2D eigenvalue weighted by atomic mass is 10.3. The average Bonchev–Trinajstić information content (AvgIpc) is 2.27. The molecule has 0 saturated carbocycles. The number of sulfonamides is 2. The number of hydrogen-bond acceptors (Lipinski definition) is 5. The molecule has 0 aliphatic heterocycles. The third-order valence-corrected chi connectivity index (χ3v) is 4.65. The summed E-state index contributed by atoms with van der Waals surface area (Å²) in [6.45, 7) is -0.500. The quantitative estimate of drug-likeness (QED) is 0.755. The Morgan fingerprint density at radius 2 is 1.82 bits per heavy atom. The fourth-order valence-electron chi connectivity index (χ4n) is 1.26. The SMILES string of the molecule is NS(=O)(=O)CCNS(=O)(=O)c1ccc(OC(F)(F)F)c(Cl)c1. The number of ether oxygens (including phenoxy) is 1. The molecule has 0 unspecified atom stereocenters. The Balaban J connectivity index is 2.90. The van der Waals surface area contributed by atoms with E-state index in [0.717, 1.165) is 18.2 Å². The van der Waals surface area contributed by atoms with Gasteiger partial charge in [0.1, 0.15) is 5.75 Å². The molecule has 1 rings (SSSR count). The van der Waals surface area contributed by atoms with Crippen molar-refractivity contribution in [1.29, 1.82) is 0 Å². The minimum Gasteiger partial charge on any atom is -0.404 e. The van der Waals surface area contributed by atoms with Gasteiger partial charge in [-0.05, 0) is 18.2 Å². The zero-order chi connectivity index (χ0) is 17.2. The topological polar surface area (TPSA) is 116 Å². The van der Waals surface area contributed by atoms with Gasteiger partial charge in [0.2, 0.25) is 20.0 Å². The number of rotatable bonds is 6. The third kappa shape index (κ3) is 6.36. The Kier molecular flexibility index (Phi) is 5.67. The smallest absolute Gasteiger partial charge is 0.404 e. The van der Waals surface area contributed by atoms with Gasteiger partial charge < -0.3 is 4.74 Å². The molecule has 0 aromatic heterocycles. The minimum absolute atomic E-state index is 0.457. The second-order valence-corrected chi connectivity index (χ2v) is 7.81. The Labute approximate surface area is 129 Å². The first-order valence-electron chi connectivity index (χ1n) is 5.36. The van der Waals surface area contributed by atoms with Crippen molar-refractivity contribution in [2.45, 2.75) is 11.3 Å². The molecule has 1 aromatic rings. The van der Waals surface area contributed by atoms with E-state index in [1.165, 1.54) is 0 Å². The number of hydrogen-bond donors (Lipinski definition) is 2. The molecule has 0 amide bonds. The van der Waals surface area contributed by atoms with Crippen molar-refractivity contribution in [2.75, 3.05) is 12.3 Å². The van der Waals surface area contributed by atoms with Crippen molar-refractivity contribution in [1.82, 2.24) is 4.72 Å². The van der Waals surface area contributed by atoms with E-state index in [2.05, 4.69) is 4.74 Å². The molecule has 0 atom stereocenters. The van der Waals surface area contributed by atoms with Gasteiger partial charge in [-0.2, -0.15) is 0 Å². The maximum Gasteiger partial charge on any atom is 0.573 e. The van der Waals surface area contributed by atoms with Gasteiger partial charge in [-0.1, -0.05) is 11.6 Å². The number of nitrogens with two attached hydrogens (primary N) is 1. The first-order chi connectivity index (χ1) is 9.80. The van der Waals surface area contributed by atoms with E-state index >= 15 is 0 Å². The summed E-state index contributed by atoms with van der Waals surface area (Å²) in [4.78, 5) is -0.457. The zero-order valence-electron chi connectivity index (χ0n) is 10.6. The van der Waals surface area contributed by atoms with Crippen LogP contribution in [0.2, 0.25) is 5.02 Å². The van der Waals surface area contributed by atoms with Crippen LogP contribution in [0.4, 0.5) is 13.2 Å². The summed E-state index contributed by atoms with van der Waals surface area (Å²) < 4.78 is 86.6. The Hall–Kier alpha value is -1.08. The molecule has 1 aromatic carbocycles. The van der Waals surface area contributed by atoms with Gasteiger partial charge in [0, 0.05) is 6.54 Å². The number of benzene rings is 1. The molecule has 13 heteroatoms. The van der Waals surface area contributed by atoms with Crippen molar-refractivity contribution in [3.05, 3.63) is 23.2 Å². The molecule has 0 radical (unpaired) electrons. The maximum absolute atomic E-state index is 12.1. The monoisotopic (exact) mass is 382 g/mol. The normalized spacial score (nSPS) is 13.1. The fourth-order valence-corrected chi connectivity index (χ4v) is 3.12. The predicted octanol–water partition coefficient (Wildman–Crippen LogP) is 0.805. The first-order valence-corrected chi connectivity index (χ1v) is 8.93. The van der Waals surface area contributed by atoms with Crippen molar-refractivity contribution in [2.24, 2.45) is 5.14 Å². The highest BCUT2D eigenvalue weighted by atomic mass is 35.5. The van der Waals surface area contributed by atoms with Crippen molar-refractivity contribution < 1.29 is 34.7 Å². The van der Waals surface area contributed by atoms with E-state index < -0.39 is 54.4 Å². The van der Waals surface area contributed by atoms with E-state index in [1.807, 2.05) is 4.72 Å². The second-order valence-electron chi connectivity index (χ2n) is 3.90. The number of primary sulfonamides is 1. The van der Waals surface area contributed by atoms with Gasteiger partial charge in [-0.3, -0.25) is 0 Å². The van der Waals surface area contributed by atoms with Crippen LogP contribution in [0.5, 0.6) is 5.75 Å². The summed E-state index contributed by atoms with van der Waals surface area (Å²) in [5.74, 6) is -1.41. The second kappa shape index (κ2) is 6.58. The highest BCUT2D eigenvalue weighted by Gasteiger charge is 2.32. The molecule has 3 N–H and O–H groups in total. The van der Waals surface area contributed by atoms with E-state index in [-0.39, 0.29) is 0 Å². The van der Waals surface area contributed by atoms with Crippen LogP contribution in [-0.4, -0.2) is 35.5 Å². The molecule has 7 nitrogen and oxygen atoms in total. The van der Waals surface area contributed by atoms with Crippen LogP contribution in [0.3, 0.4) is 0 Å². The minimum atomic E-state index is -4.97. The lowest BCUT2D eigenvalue weighted by molar-refractivity contribution is -0.274. The van der Waals surface area contributed by atoms with Crippen LogP contribution < -0.4 is 14.6 Å². The first kappa shape index (κ1) is 19.0. The predicted molar refractivity (Wildman–Crippen MR) is 71.3 cm³/mol.